The fourth-order valence-corrected chi connectivity index (χ4v) is 5.14. The minimum atomic E-state index is -4.98. The van der Waals surface area contributed by atoms with E-state index in [-0.39, 0.29) is 43.9 Å². The number of aromatic nitrogens is 1. The molecule has 0 spiro atoms. The van der Waals surface area contributed by atoms with Crippen LogP contribution < -0.4 is 9.62 Å². The summed E-state index contributed by atoms with van der Waals surface area (Å²) in [6.07, 6.45) is -4.77. The fourth-order valence-electron chi connectivity index (χ4n) is 3.83. The van der Waals surface area contributed by atoms with E-state index in [4.69, 9.17) is 11.6 Å². The number of ether oxygens (including phenoxy) is 1. The monoisotopic (exact) mass is 558 g/mol. The summed E-state index contributed by atoms with van der Waals surface area (Å²) < 4.78 is 72.5. The van der Waals surface area contributed by atoms with Crippen molar-refractivity contribution in [3.8, 4) is 6.07 Å². The molecule has 0 bridgehead atoms. The van der Waals surface area contributed by atoms with Crippen LogP contribution >= 0.6 is 11.6 Å². The number of hydrogen-bond donors (Lipinski definition) is 1. The van der Waals surface area contributed by atoms with Gasteiger partial charge in [-0.1, -0.05) is 23.7 Å². The lowest BCUT2D eigenvalue weighted by atomic mass is 9.96. The van der Waals surface area contributed by atoms with E-state index >= 15 is 0 Å². The van der Waals surface area contributed by atoms with E-state index < -0.39 is 51.0 Å². The average Bonchev–Trinajstić information content (AvgIpc) is 2.84. The van der Waals surface area contributed by atoms with Crippen LogP contribution in [-0.4, -0.2) is 45.0 Å². The Balaban J connectivity index is 1.73. The minimum absolute atomic E-state index is 0.0348. The number of sulfonamides is 1. The van der Waals surface area contributed by atoms with Gasteiger partial charge >= 0.3 is 12.1 Å². The highest BCUT2D eigenvalue weighted by molar-refractivity contribution is 7.89. The molecule has 0 radical (unpaired) electrons. The maximum Gasteiger partial charge on any atom is 0.434 e. The molecule has 2 heterocycles. The third-order valence-corrected chi connectivity index (χ3v) is 7.06. The third-order valence-electron chi connectivity index (χ3n) is 5.58. The van der Waals surface area contributed by atoms with Gasteiger partial charge in [-0.3, -0.25) is 9.52 Å². The van der Waals surface area contributed by atoms with Crippen LogP contribution in [0.3, 0.4) is 0 Å². The van der Waals surface area contributed by atoms with Gasteiger partial charge in [0, 0.05) is 24.0 Å². The van der Waals surface area contributed by atoms with Crippen LogP contribution in [0.2, 0.25) is 5.02 Å². The molecule has 0 atom stereocenters. The lowest BCUT2D eigenvalue weighted by Gasteiger charge is -2.33. The fraction of sp³-hybridized carbons (Fsp3) is 0.391. The molecule has 1 saturated heterocycles. The Morgan fingerprint density at radius 3 is 2.41 bits per heavy atom. The van der Waals surface area contributed by atoms with Crippen molar-refractivity contribution >= 4 is 39.3 Å². The average molecular weight is 559 g/mol. The van der Waals surface area contributed by atoms with Gasteiger partial charge in [-0.2, -0.15) is 18.4 Å². The van der Waals surface area contributed by atoms with E-state index in [1.165, 1.54) is 36.1 Å². The zero-order valence-electron chi connectivity index (χ0n) is 19.5. The molecule has 0 saturated carbocycles. The zero-order valence-corrected chi connectivity index (χ0v) is 21.1. The van der Waals surface area contributed by atoms with E-state index in [0.717, 1.165) is 6.07 Å². The Hall–Kier alpha value is -3.37. The van der Waals surface area contributed by atoms with Gasteiger partial charge in [0.1, 0.15) is 11.9 Å². The summed E-state index contributed by atoms with van der Waals surface area (Å²) in [5.41, 5.74) is -2.17. The second-order valence-electron chi connectivity index (χ2n) is 8.20. The first-order chi connectivity index (χ1) is 17.3. The van der Waals surface area contributed by atoms with E-state index in [2.05, 4.69) is 9.72 Å². The van der Waals surface area contributed by atoms with Crippen molar-refractivity contribution in [1.82, 2.24) is 9.71 Å². The van der Waals surface area contributed by atoms with Gasteiger partial charge < -0.3 is 9.64 Å². The first-order valence-electron chi connectivity index (χ1n) is 11.1. The van der Waals surface area contributed by atoms with Crippen molar-refractivity contribution < 1.29 is 35.9 Å². The maximum atomic E-state index is 13.6. The van der Waals surface area contributed by atoms with Crippen LogP contribution in [-0.2, 0) is 31.5 Å². The lowest BCUT2D eigenvalue weighted by molar-refractivity contribution is -0.141. The largest absolute Gasteiger partial charge is 0.462 e. The van der Waals surface area contributed by atoms with Crippen LogP contribution in [0.1, 0.15) is 46.9 Å². The number of nitrogens with zero attached hydrogens (tertiary/aromatic N) is 3. The number of rotatable bonds is 7. The molecule has 1 aromatic carbocycles. The van der Waals surface area contributed by atoms with Crippen molar-refractivity contribution in [3.63, 3.8) is 0 Å². The lowest BCUT2D eigenvalue weighted by Crippen LogP contribution is -2.43. The SMILES string of the molecule is CCOC(=O)c1cc(C#N)c(N2CCC(C(=O)NS(=O)(=O)Cc3ccc(Cl)cc3)CC2)nc1C(F)(F)F. The highest BCUT2D eigenvalue weighted by Crippen LogP contribution is 2.35. The van der Waals surface area contributed by atoms with E-state index in [1.54, 1.807) is 6.07 Å². The van der Waals surface area contributed by atoms with Gasteiger partial charge in [0.2, 0.25) is 15.9 Å². The van der Waals surface area contributed by atoms with Gasteiger partial charge in [-0.25, -0.2) is 18.2 Å². The molecular weight excluding hydrogens is 537 g/mol. The first kappa shape index (κ1) is 28.2. The van der Waals surface area contributed by atoms with Crippen LogP contribution in [0.25, 0.3) is 0 Å². The van der Waals surface area contributed by atoms with Crippen molar-refractivity contribution in [2.45, 2.75) is 31.7 Å². The van der Waals surface area contributed by atoms with Gasteiger partial charge in [-0.05, 0) is 43.5 Å². The molecule has 1 amide bonds. The van der Waals surface area contributed by atoms with Crippen LogP contribution in [0.15, 0.2) is 30.3 Å². The summed E-state index contributed by atoms with van der Waals surface area (Å²) in [5, 5.41) is 9.93. The van der Waals surface area contributed by atoms with Crippen molar-refractivity contribution in [1.29, 1.82) is 5.26 Å². The number of anilines is 1. The van der Waals surface area contributed by atoms with Crippen molar-refractivity contribution in [2.75, 3.05) is 24.6 Å². The molecule has 1 fully saturated rings. The second-order valence-corrected chi connectivity index (χ2v) is 10.4. The minimum Gasteiger partial charge on any atom is -0.462 e. The number of nitriles is 1. The molecule has 3 rings (SSSR count). The normalized spacial score (nSPS) is 14.6. The Labute approximate surface area is 216 Å². The van der Waals surface area contributed by atoms with Crippen LogP contribution in [0.5, 0.6) is 0 Å². The van der Waals surface area contributed by atoms with E-state index in [0.29, 0.717) is 10.6 Å². The molecule has 9 nitrogen and oxygen atoms in total. The molecule has 1 aromatic heterocycles. The molecule has 198 valence electrons. The topological polar surface area (TPSA) is 129 Å². The molecule has 0 aliphatic carbocycles. The number of benzene rings is 1. The number of carbonyl (C=O) groups excluding carboxylic acids is 2. The maximum absolute atomic E-state index is 13.6. The molecule has 1 N–H and O–H groups in total. The standard InChI is InChI=1S/C23H22ClF3N4O5S/c1-2-36-22(33)18-11-16(12-28)20(29-19(18)23(25,26)27)31-9-7-15(8-10-31)21(32)30-37(34,35)13-14-3-5-17(24)6-4-14/h3-6,11,15H,2,7-10,13H2,1H3,(H,30,32). The molecule has 0 unspecified atom stereocenters. The highest BCUT2D eigenvalue weighted by Gasteiger charge is 2.40. The number of carbonyl (C=O) groups is 2. The number of halogens is 4. The number of pyridine rings is 1. The molecule has 1 aliphatic rings. The summed E-state index contributed by atoms with van der Waals surface area (Å²) in [6.45, 7) is 1.34. The summed E-state index contributed by atoms with van der Waals surface area (Å²) in [6, 6.07) is 8.64. The predicted octanol–water partition coefficient (Wildman–Crippen LogP) is 3.66. The second kappa shape index (κ2) is 11.4. The number of esters is 1. The van der Waals surface area contributed by atoms with Gasteiger partial charge in [0.05, 0.1) is 23.5 Å². The number of alkyl halides is 3. The van der Waals surface area contributed by atoms with Crippen LogP contribution in [0, 0.1) is 17.2 Å². The highest BCUT2D eigenvalue weighted by atomic mass is 35.5. The molecular formula is C23H22ClF3N4O5S. The van der Waals surface area contributed by atoms with Crippen molar-refractivity contribution in [3.05, 3.63) is 57.7 Å². The van der Waals surface area contributed by atoms with E-state index in [1.807, 2.05) is 4.72 Å². The molecule has 1 aliphatic heterocycles. The number of piperidine rings is 1. The predicted molar refractivity (Wildman–Crippen MR) is 127 cm³/mol. The van der Waals surface area contributed by atoms with Crippen LogP contribution in [0.4, 0.5) is 19.0 Å². The smallest absolute Gasteiger partial charge is 0.434 e. The molecule has 2 aromatic rings. The molecule has 14 heteroatoms. The number of hydrogen-bond acceptors (Lipinski definition) is 8. The number of nitrogens with one attached hydrogen (secondary N) is 1. The van der Waals surface area contributed by atoms with Gasteiger partial charge in [0.25, 0.3) is 0 Å². The summed E-state index contributed by atoms with van der Waals surface area (Å²) in [4.78, 5) is 29.6. The Morgan fingerprint density at radius 1 is 1.24 bits per heavy atom. The Morgan fingerprint density at radius 2 is 1.86 bits per heavy atom. The van der Waals surface area contributed by atoms with Gasteiger partial charge in [0.15, 0.2) is 5.69 Å². The Kier molecular flexibility index (Phi) is 8.65. The molecule has 37 heavy (non-hydrogen) atoms. The quantitative estimate of drug-likeness (QED) is 0.510. The Bertz CT molecular complexity index is 1320. The van der Waals surface area contributed by atoms with E-state index in [9.17, 15) is 36.4 Å². The van der Waals surface area contributed by atoms with Crippen molar-refractivity contribution in [2.24, 2.45) is 5.92 Å². The summed E-state index contributed by atoms with van der Waals surface area (Å²) in [5.74, 6) is -3.41. The van der Waals surface area contributed by atoms with Gasteiger partial charge in [-0.15, -0.1) is 0 Å². The zero-order chi connectivity index (χ0) is 27.4. The summed E-state index contributed by atoms with van der Waals surface area (Å²) in [7, 11) is -3.99. The number of amides is 1. The first-order valence-corrected chi connectivity index (χ1v) is 13.1. The third kappa shape index (κ3) is 7.11. The summed E-state index contributed by atoms with van der Waals surface area (Å²) >= 11 is 5.79.